The van der Waals surface area contributed by atoms with Crippen molar-refractivity contribution >= 4 is 81.7 Å². The van der Waals surface area contributed by atoms with Gasteiger partial charge < -0.3 is 30.7 Å². The van der Waals surface area contributed by atoms with Crippen LogP contribution >= 0.6 is 34.8 Å². The van der Waals surface area contributed by atoms with Crippen LogP contribution in [0.2, 0.25) is 15.1 Å². The summed E-state index contributed by atoms with van der Waals surface area (Å²) < 4.78 is 0. The number of nitrogens with zero attached hydrogens (tertiary/aromatic N) is 10. The monoisotopic (exact) mass is 1050 g/mol. The predicted molar refractivity (Wildman–Crippen MR) is 285 cm³/mol. The van der Waals surface area contributed by atoms with Gasteiger partial charge in [-0.05, 0) is 72.8 Å². The number of pyridine rings is 1. The normalized spacial score (nSPS) is 14.3. The highest BCUT2D eigenvalue weighted by Gasteiger charge is 2.29. The topological polar surface area (TPSA) is 234 Å². The highest BCUT2D eigenvalue weighted by Crippen LogP contribution is 2.31. The second-order valence-electron chi connectivity index (χ2n) is 17.5. The Morgan fingerprint density at radius 1 is 0.514 bits per heavy atom. The van der Waals surface area contributed by atoms with E-state index in [9.17, 15) is 14.4 Å². The second kappa shape index (κ2) is 22.6. The maximum absolute atomic E-state index is 12.6. The molecule has 5 aromatic heterocycles. The molecular formula is C52H47Cl3N16O3. The Balaban J connectivity index is 0.000000127. The van der Waals surface area contributed by atoms with Crippen LogP contribution in [-0.2, 0) is 38.9 Å². The van der Waals surface area contributed by atoms with Gasteiger partial charge in [-0.3, -0.25) is 25.3 Å². The number of urea groups is 3. The lowest BCUT2D eigenvalue weighted by Gasteiger charge is -2.27. The summed E-state index contributed by atoms with van der Waals surface area (Å²) in [5.41, 5.74) is 13.9. The van der Waals surface area contributed by atoms with Crippen LogP contribution in [0, 0.1) is 0 Å². The summed E-state index contributed by atoms with van der Waals surface area (Å²) >= 11 is 17.9. The maximum Gasteiger partial charge on any atom is 0.322 e. The van der Waals surface area contributed by atoms with Gasteiger partial charge in [-0.1, -0.05) is 53.0 Å². The Labute approximate surface area is 439 Å². The zero-order valence-electron chi connectivity index (χ0n) is 39.5. The molecule has 0 spiro atoms. The van der Waals surface area contributed by atoms with Gasteiger partial charge in [0, 0.05) is 153 Å². The number of hydrogen-bond acceptors (Lipinski definition) is 10. The predicted octanol–water partition coefficient (Wildman–Crippen LogP) is 9.95. The number of halogens is 3. The number of aliphatic imine (C=N–C) groups is 1. The fourth-order valence-corrected chi connectivity index (χ4v) is 9.46. The molecule has 74 heavy (non-hydrogen) atoms. The van der Waals surface area contributed by atoms with E-state index in [0.29, 0.717) is 77.9 Å². The highest BCUT2D eigenvalue weighted by molar-refractivity contribution is 6.31. The third-order valence-corrected chi connectivity index (χ3v) is 13.3. The van der Waals surface area contributed by atoms with Gasteiger partial charge in [0.05, 0.1) is 37.6 Å². The quantitative estimate of drug-likeness (QED) is 0.0928. The molecule has 22 heteroatoms. The van der Waals surface area contributed by atoms with E-state index >= 15 is 0 Å². The van der Waals surface area contributed by atoms with E-state index in [-0.39, 0.29) is 18.1 Å². The number of carbonyl (C=O) groups excluding carboxylic acids is 3. The molecule has 374 valence electrons. The van der Waals surface area contributed by atoms with E-state index in [1.54, 1.807) is 88.2 Å². The van der Waals surface area contributed by atoms with E-state index in [1.807, 2.05) is 48.5 Å². The number of fused-ring (bicyclic) bond motifs is 3. The van der Waals surface area contributed by atoms with E-state index in [0.717, 1.165) is 86.8 Å². The van der Waals surface area contributed by atoms with E-state index in [1.165, 1.54) is 6.33 Å². The van der Waals surface area contributed by atoms with Gasteiger partial charge in [0.2, 0.25) is 0 Å². The zero-order valence-corrected chi connectivity index (χ0v) is 41.8. The Bertz CT molecular complexity index is 3230. The SMILES string of the molecule is O=C(Nc1cccc(Cl)c1)N1CCc2[nH]nc(-c3ccncc3)c2C1.O=C(Nc1cccc(Cl)c1)N1CCc2[nH]nc(-c3cncnc3)c2C1.O=C(Nc1cccc(Cl)c1)N1CCc2[nH]nc(C3=CC=NC3)c2C1. The number of amides is 6. The van der Waals surface area contributed by atoms with Crippen molar-refractivity contribution in [2.24, 2.45) is 4.99 Å². The first-order valence-electron chi connectivity index (χ1n) is 23.6. The smallest absolute Gasteiger partial charge is 0.320 e. The van der Waals surface area contributed by atoms with Gasteiger partial charge in [-0.15, -0.1) is 0 Å². The molecule has 4 aliphatic heterocycles. The minimum absolute atomic E-state index is 0.133. The number of benzene rings is 3. The van der Waals surface area contributed by atoms with Crippen molar-refractivity contribution in [3.05, 3.63) is 177 Å². The lowest BCUT2D eigenvalue weighted by atomic mass is 10.0. The third kappa shape index (κ3) is 11.6. The van der Waals surface area contributed by atoms with Crippen molar-refractivity contribution in [2.75, 3.05) is 42.1 Å². The number of aromatic amines is 3. The third-order valence-electron chi connectivity index (χ3n) is 12.6. The molecule has 0 unspecified atom stereocenters. The summed E-state index contributed by atoms with van der Waals surface area (Å²) in [6.45, 7) is 4.07. The fourth-order valence-electron chi connectivity index (χ4n) is 8.89. The number of rotatable bonds is 6. The van der Waals surface area contributed by atoms with Gasteiger partial charge in [0.25, 0.3) is 0 Å². The first-order valence-corrected chi connectivity index (χ1v) is 24.7. The van der Waals surface area contributed by atoms with Gasteiger partial charge in [-0.25, -0.2) is 24.4 Å². The summed E-state index contributed by atoms with van der Waals surface area (Å²) in [7, 11) is 0. The fraction of sp³-hybridized carbons (Fsp3) is 0.192. The highest BCUT2D eigenvalue weighted by atomic mass is 35.5. The average Bonchev–Trinajstić information content (AvgIpc) is 4.26. The largest absolute Gasteiger partial charge is 0.322 e. The standard InChI is InChI=1S/C18H16ClN5O.C17H15ClN6O.C17H16ClN5O/c19-13-2-1-3-14(10-13)21-18(25)24-9-6-16-15(11-24)17(23-22-16)12-4-7-20-8-5-12;18-12-2-1-3-13(6-12)21-17(25)24-5-4-15-14(9-24)16(23-22-15)11-7-19-10-20-8-11;18-12-2-1-3-13(8-12)20-17(24)23-7-5-15-14(10-23)16(22-21-15)11-4-6-19-9-11/h1-5,7-8,10H,6,9,11H2,(H,21,25)(H,22,23);1-3,6-8,10H,4-5,9H2,(H,21,25)(H,22,23);1-4,6,8H,5,7,9-10H2,(H,20,24)(H,21,22). The first-order chi connectivity index (χ1) is 36.1. The molecule has 6 amide bonds. The maximum atomic E-state index is 12.6. The molecule has 4 aliphatic rings. The van der Waals surface area contributed by atoms with E-state index in [4.69, 9.17) is 34.8 Å². The molecule has 0 radical (unpaired) electrons. The van der Waals surface area contributed by atoms with Crippen LogP contribution in [0.1, 0.15) is 39.5 Å². The summed E-state index contributed by atoms with van der Waals surface area (Å²) in [4.78, 5) is 59.4. The molecular weight excluding hydrogens is 1000 g/mol. The van der Waals surface area contributed by atoms with Crippen molar-refractivity contribution in [3.8, 4) is 22.5 Å². The van der Waals surface area contributed by atoms with Crippen LogP contribution in [0.15, 0.2) is 127 Å². The van der Waals surface area contributed by atoms with Crippen LogP contribution in [0.3, 0.4) is 0 Å². The van der Waals surface area contributed by atoms with Gasteiger partial charge in [0.15, 0.2) is 0 Å². The number of hydrogen-bond donors (Lipinski definition) is 6. The molecule has 12 rings (SSSR count). The second-order valence-corrected chi connectivity index (χ2v) is 18.8. The lowest BCUT2D eigenvalue weighted by Crippen LogP contribution is -2.39. The van der Waals surface area contributed by atoms with E-state index < -0.39 is 0 Å². The summed E-state index contributed by atoms with van der Waals surface area (Å²) in [6.07, 6.45) is 14.4. The van der Waals surface area contributed by atoms with Crippen LogP contribution in [0.25, 0.3) is 28.1 Å². The Morgan fingerprint density at radius 3 is 1.35 bits per heavy atom. The molecule has 0 saturated carbocycles. The van der Waals surface area contributed by atoms with Crippen molar-refractivity contribution < 1.29 is 14.4 Å². The summed E-state index contributed by atoms with van der Waals surface area (Å²) in [5, 5.41) is 32.9. The van der Waals surface area contributed by atoms with Crippen molar-refractivity contribution in [1.29, 1.82) is 0 Å². The van der Waals surface area contributed by atoms with E-state index in [2.05, 4.69) is 66.5 Å². The Hall–Kier alpha value is -8.39. The molecule has 0 bridgehead atoms. The molecule has 9 heterocycles. The number of anilines is 3. The Kier molecular flexibility index (Phi) is 15.0. The van der Waals surface area contributed by atoms with Crippen LogP contribution in [-0.4, -0.2) is 111 Å². The number of allylic oxidation sites excluding steroid dienone is 1. The molecule has 6 N–H and O–H groups in total. The van der Waals surface area contributed by atoms with Crippen LogP contribution < -0.4 is 16.0 Å². The molecule has 0 aliphatic carbocycles. The van der Waals surface area contributed by atoms with Crippen molar-refractivity contribution in [2.45, 2.75) is 38.9 Å². The number of carbonyl (C=O) groups is 3. The minimum atomic E-state index is -0.163. The molecule has 0 fully saturated rings. The first kappa shape index (κ1) is 49.2. The number of H-pyrrole nitrogens is 3. The number of nitrogens with one attached hydrogen (secondary N) is 6. The van der Waals surface area contributed by atoms with Gasteiger partial charge in [-0.2, -0.15) is 15.3 Å². The molecule has 19 nitrogen and oxygen atoms in total. The molecule has 3 aromatic carbocycles. The average molecular weight is 1050 g/mol. The lowest BCUT2D eigenvalue weighted by molar-refractivity contribution is 0.205. The van der Waals surface area contributed by atoms with Crippen LogP contribution in [0.5, 0.6) is 0 Å². The van der Waals surface area contributed by atoms with Crippen LogP contribution in [0.4, 0.5) is 31.4 Å². The molecule has 0 atom stereocenters. The summed E-state index contributed by atoms with van der Waals surface area (Å²) in [6, 6.07) is 24.8. The molecule has 8 aromatic rings. The molecule has 0 saturated heterocycles. The van der Waals surface area contributed by atoms with Gasteiger partial charge >= 0.3 is 18.1 Å². The zero-order chi connectivity index (χ0) is 51.0. The van der Waals surface area contributed by atoms with Gasteiger partial charge in [0.1, 0.15) is 12.0 Å². The Morgan fingerprint density at radius 2 is 0.932 bits per heavy atom. The van der Waals surface area contributed by atoms with Crippen molar-refractivity contribution in [1.82, 2.24) is 60.2 Å². The summed E-state index contributed by atoms with van der Waals surface area (Å²) in [5.74, 6) is 0. The number of aromatic nitrogens is 9. The van der Waals surface area contributed by atoms with Crippen molar-refractivity contribution in [3.63, 3.8) is 0 Å². The minimum Gasteiger partial charge on any atom is -0.320 e.